The van der Waals surface area contributed by atoms with Gasteiger partial charge in [-0.3, -0.25) is 4.79 Å². The van der Waals surface area contributed by atoms with Crippen LogP contribution in [0.2, 0.25) is 0 Å². The van der Waals surface area contributed by atoms with Gasteiger partial charge in [-0.05, 0) is 58.8 Å². The summed E-state index contributed by atoms with van der Waals surface area (Å²) in [5.74, 6) is -0.572. The zero-order chi connectivity index (χ0) is 20.9. The van der Waals surface area contributed by atoms with Crippen LogP contribution in [0.4, 0.5) is 0 Å². The number of carbonyl (C=O) groups is 1. The Morgan fingerprint density at radius 3 is 2.57 bits per heavy atom. The van der Waals surface area contributed by atoms with Gasteiger partial charge in [-0.2, -0.15) is 0 Å². The molecule has 1 N–H and O–H groups in total. The maximum Gasteiger partial charge on any atom is 0.336 e. The molecular weight excluding hydrogens is 360 g/mol. The number of rotatable bonds is 3. The van der Waals surface area contributed by atoms with E-state index in [0.29, 0.717) is 23.1 Å². The molecule has 1 aliphatic rings. The van der Waals surface area contributed by atoms with Crippen molar-refractivity contribution in [3.8, 4) is 17.2 Å². The summed E-state index contributed by atoms with van der Waals surface area (Å²) in [6, 6.07) is 1.42. The van der Waals surface area contributed by atoms with Crippen molar-refractivity contribution in [2.45, 2.75) is 60.0 Å². The Morgan fingerprint density at radius 1 is 1.29 bits per heavy atom. The van der Waals surface area contributed by atoms with Gasteiger partial charge in [-0.1, -0.05) is 13.3 Å². The summed E-state index contributed by atoms with van der Waals surface area (Å²) < 4.78 is 17.0. The van der Waals surface area contributed by atoms with Crippen molar-refractivity contribution in [2.75, 3.05) is 0 Å². The molecule has 1 aliphatic heterocycles. The van der Waals surface area contributed by atoms with Crippen LogP contribution in [0.5, 0.6) is 17.2 Å². The molecule has 0 radical (unpaired) electrons. The van der Waals surface area contributed by atoms with E-state index in [1.165, 1.54) is 6.07 Å². The molecule has 0 saturated heterocycles. The summed E-state index contributed by atoms with van der Waals surface area (Å²) in [6.07, 6.45) is 4.96. The summed E-state index contributed by atoms with van der Waals surface area (Å²) in [4.78, 5) is 24.7. The average Bonchev–Trinajstić information content (AvgIpc) is 2.56. The highest BCUT2D eigenvalue weighted by molar-refractivity contribution is 6.00. The summed E-state index contributed by atoms with van der Waals surface area (Å²) in [6.45, 7) is 10.9. The lowest BCUT2D eigenvalue weighted by Gasteiger charge is -2.30. The molecule has 2 heterocycles. The molecule has 0 amide bonds. The second-order valence-electron chi connectivity index (χ2n) is 8.64. The van der Waals surface area contributed by atoms with Gasteiger partial charge < -0.3 is 19.0 Å². The number of hydrogen-bond donors (Lipinski definition) is 1. The minimum atomic E-state index is -0.801. The van der Waals surface area contributed by atoms with Gasteiger partial charge >= 0.3 is 11.6 Å². The molecule has 3 rings (SSSR count). The molecule has 0 atom stereocenters. The normalized spacial score (nSPS) is 15.2. The molecule has 0 saturated carbocycles. The number of aromatic hydroxyl groups is 1. The molecular formula is C22H26O6. The van der Waals surface area contributed by atoms with Gasteiger partial charge in [0.2, 0.25) is 5.75 Å². The fraction of sp³-hybridized carbons (Fsp3) is 0.455. The highest BCUT2D eigenvalue weighted by atomic mass is 16.6. The number of phenols is 1. The standard InChI is InChI=1S/C22H26O6/c1-7-8-12-11-14(23)26-18-15(12)17-13(9-10-22(5,6)28-17)16(24)19(18)27-20(25)21(2,3)4/h9-11,24H,7-8H2,1-6H3. The largest absolute Gasteiger partial charge is 0.504 e. The molecule has 150 valence electrons. The van der Waals surface area contributed by atoms with E-state index in [9.17, 15) is 14.7 Å². The highest BCUT2D eigenvalue weighted by Gasteiger charge is 2.33. The first kappa shape index (κ1) is 20.0. The van der Waals surface area contributed by atoms with E-state index in [1.54, 1.807) is 26.8 Å². The Kier molecular flexibility index (Phi) is 4.77. The number of esters is 1. The van der Waals surface area contributed by atoms with E-state index < -0.39 is 22.6 Å². The van der Waals surface area contributed by atoms with Crippen molar-refractivity contribution in [3.05, 3.63) is 33.7 Å². The molecule has 2 aromatic rings. The van der Waals surface area contributed by atoms with Crippen molar-refractivity contribution < 1.29 is 23.8 Å². The molecule has 0 aliphatic carbocycles. The molecule has 28 heavy (non-hydrogen) atoms. The first-order valence-corrected chi connectivity index (χ1v) is 9.41. The Balaban J connectivity index is 2.40. The van der Waals surface area contributed by atoms with Gasteiger partial charge in [-0.25, -0.2) is 4.79 Å². The van der Waals surface area contributed by atoms with Crippen molar-refractivity contribution >= 4 is 23.0 Å². The van der Waals surface area contributed by atoms with Gasteiger partial charge in [0.1, 0.15) is 11.4 Å². The third kappa shape index (κ3) is 3.51. The van der Waals surface area contributed by atoms with Crippen LogP contribution in [0, 0.1) is 5.41 Å². The number of fused-ring (bicyclic) bond motifs is 3. The molecule has 6 heteroatoms. The SMILES string of the molecule is CCCc1cc(=O)oc2c(OC(=O)C(C)(C)C)c(O)c3c(c12)OC(C)(C)C=C3. The number of carbonyl (C=O) groups excluding carboxylic acids is 1. The topological polar surface area (TPSA) is 86.0 Å². The summed E-state index contributed by atoms with van der Waals surface area (Å²) in [5.41, 5.74) is -0.830. The highest BCUT2D eigenvalue weighted by Crippen LogP contribution is 2.50. The zero-order valence-corrected chi connectivity index (χ0v) is 17.1. The van der Waals surface area contributed by atoms with Crippen molar-refractivity contribution in [1.82, 2.24) is 0 Å². The van der Waals surface area contributed by atoms with Crippen molar-refractivity contribution in [3.63, 3.8) is 0 Å². The first-order valence-electron chi connectivity index (χ1n) is 9.41. The second kappa shape index (κ2) is 6.69. The minimum Gasteiger partial charge on any atom is -0.504 e. The Bertz CT molecular complexity index is 1030. The van der Waals surface area contributed by atoms with Crippen LogP contribution in [0.15, 0.2) is 21.4 Å². The van der Waals surface area contributed by atoms with E-state index >= 15 is 0 Å². The minimum absolute atomic E-state index is 0.0240. The van der Waals surface area contributed by atoms with E-state index in [1.807, 2.05) is 26.8 Å². The lowest BCUT2D eigenvalue weighted by Crippen LogP contribution is -2.28. The van der Waals surface area contributed by atoms with Crippen molar-refractivity contribution in [2.24, 2.45) is 5.41 Å². The summed E-state index contributed by atoms with van der Waals surface area (Å²) >= 11 is 0. The quantitative estimate of drug-likeness (QED) is 0.472. The number of aryl methyl sites for hydroxylation is 1. The second-order valence-corrected chi connectivity index (χ2v) is 8.64. The maximum atomic E-state index is 12.5. The third-order valence-electron chi connectivity index (χ3n) is 4.53. The molecule has 1 aromatic carbocycles. The van der Waals surface area contributed by atoms with Crippen LogP contribution < -0.4 is 15.1 Å². The predicted octanol–water partition coefficient (Wildman–Crippen LogP) is 4.59. The van der Waals surface area contributed by atoms with E-state index in [-0.39, 0.29) is 17.1 Å². The van der Waals surface area contributed by atoms with E-state index in [2.05, 4.69) is 0 Å². The van der Waals surface area contributed by atoms with Crippen LogP contribution >= 0.6 is 0 Å². The van der Waals surface area contributed by atoms with E-state index in [0.717, 1.165) is 12.0 Å². The zero-order valence-electron chi connectivity index (χ0n) is 17.1. The number of hydrogen-bond acceptors (Lipinski definition) is 6. The molecule has 1 aromatic heterocycles. The van der Waals surface area contributed by atoms with Gasteiger partial charge in [-0.15, -0.1) is 0 Å². The van der Waals surface area contributed by atoms with Crippen LogP contribution in [0.25, 0.3) is 17.0 Å². The van der Waals surface area contributed by atoms with Crippen LogP contribution in [0.1, 0.15) is 59.1 Å². The van der Waals surface area contributed by atoms with Crippen LogP contribution in [-0.4, -0.2) is 16.7 Å². The fourth-order valence-electron chi connectivity index (χ4n) is 3.07. The van der Waals surface area contributed by atoms with Gasteiger partial charge in [0.15, 0.2) is 11.3 Å². The Hall–Kier alpha value is -2.76. The van der Waals surface area contributed by atoms with Gasteiger partial charge in [0.25, 0.3) is 0 Å². The van der Waals surface area contributed by atoms with Crippen LogP contribution in [-0.2, 0) is 11.2 Å². The maximum absolute atomic E-state index is 12.5. The van der Waals surface area contributed by atoms with Crippen LogP contribution in [0.3, 0.4) is 0 Å². The molecule has 0 unspecified atom stereocenters. The third-order valence-corrected chi connectivity index (χ3v) is 4.53. The number of ether oxygens (including phenoxy) is 2. The summed E-state index contributed by atoms with van der Waals surface area (Å²) in [5, 5.41) is 11.4. The number of benzene rings is 1. The first-order chi connectivity index (χ1) is 12.9. The van der Waals surface area contributed by atoms with E-state index in [4.69, 9.17) is 13.9 Å². The number of phenolic OH excluding ortho intramolecular Hbond substituents is 1. The predicted molar refractivity (Wildman–Crippen MR) is 107 cm³/mol. The van der Waals surface area contributed by atoms with Gasteiger partial charge in [0.05, 0.1) is 16.4 Å². The summed E-state index contributed by atoms with van der Waals surface area (Å²) in [7, 11) is 0. The smallest absolute Gasteiger partial charge is 0.336 e. The van der Waals surface area contributed by atoms with Gasteiger partial charge in [0, 0.05) is 6.07 Å². The van der Waals surface area contributed by atoms with Crippen molar-refractivity contribution in [1.29, 1.82) is 0 Å². The molecule has 0 fully saturated rings. The average molecular weight is 386 g/mol. The molecule has 0 spiro atoms. The lowest BCUT2D eigenvalue weighted by atomic mass is 9.95. The Labute approximate surface area is 163 Å². The lowest BCUT2D eigenvalue weighted by molar-refractivity contribution is -0.143. The Morgan fingerprint density at radius 2 is 1.96 bits per heavy atom. The monoisotopic (exact) mass is 386 g/mol. The molecule has 6 nitrogen and oxygen atoms in total. The molecule has 0 bridgehead atoms. The fourth-order valence-corrected chi connectivity index (χ4v) is 3.07.